The molecule has 2 aromatic heterocycles. The van der Waals surface area contributed by atoms with Crippen LogP contribution in [0.15, 0.2) is 63.9 Å². The second kappa shape index (κ2) is 8.62. The van der Waals surface area contributed by atoms with Crippen molar-refractivity contribution < 1.29 is 18.7 Å². The average Bonchev–Trinajstić information content (AvgIpc) is 3.45. The summed E-state index contributed by atoms with van der Waals surface area (Å²) < 4.78 is 12.6. The Kier molecular flexibility index (Phi) is 5.85. The number of hydrogen-bond donors (Lipinski definition) is 0. The summed E-state index contributed by atoms with van der Waals surface area (Å²) in [5, 5.41) is 0. The van der Waals surface area contributed by atoms with Crippen molar-refractivity contribution in [3.63, 3.8) is 0 Å². The zero-order valence-electron chi connectivity index (χ0n) is 19.9. The maximum absolute atomic E-state index is 13.4. The maximum atomic E-state index is 13.4. The van der Waals surface area contributed by atoms with Gasteiger partial charge in [0.15, 0.2) is 0 Å². The molecule has 6 nitrogen and oxygen atoms in total. The predicted molar refractivity (Wildman–Crippen MR) is 127 cm³/mol. The fourth-order valence-corrected chi connectivity index (χ4v) is 4.33. The minimum absolute atomic E-state index is 0.247. The molecule has 4 rings (SSSR count). The van der Waals surface area contributed by atoms with Gasteiger partial charge >= 0.3 is 5.97 Å². The number of furan rings is 1. The molecule has 0 unspecified atom stereocenters. The van der Waals surface area contributed by atoms with Crippen molar-refractivity contribution in [2.75, 3.05) is 7.11 Å². The Morgan fingerprint density at radius 3 is 2.45 bits per heavy atom. The largest absolute Gasteiger partial charge is 0.467 e. The number of methoxy groups -OCH3 is 1. The monoisotopic (exact) mass is 444 g/mol. The van der Waals surface area contributed by atoms with E-state index in [1.54, 1.807) is 36.3 Å². The number of rotatable bonds is 5. The first kappa shape index (κ1) is 22.4. The number of benzene rings is 1. The summed E-state index contributed by atoms with van der Waals surface area (Å²) in [6, 6.07) is 12.0. The van der Waals surface area contributed by atoms with Crippen LogP contribution in [-0.4, -0.2) is 28.5 Å². The summed E-state index contributed by atoms with van der Waals surface area (Å²) in [5.74, 6) is -0.140. The van der Waals surface area contributed by atoms with Crippen LogP contribution in [0.2, 0.25) is 0 Å². The minimum Gasteiger partial charge on any atom is -0.467 e. The molecule has 6 heteroatoms. The predicted octanol–water partition coefficient (Wildman–Crippen LogP) is 5.18. The molecule has 0 N–H and O–H groups in total. The van der Waals surface area contributed by atoms with Crippen LogP contribution >= 0.6 is 0 Å². The molecule has 0 bridgehead atoms. The number of aromatic nitrogens is 1. The molecule has 3 heterocycles. The zero-order valence-corrected chi connectivity index (χ0v) is 19.9. The summed E-state index contributed by atoms with van der Waals surface area (Å²) in [6.07, 6.45) is 3.36. The second-order valence-electron chi connectivity index (χ2n) is 8.41. The summed E-state index contributed by atoms with van der Waals surface area (Å²) >= 11 is 0. The maximum Gasteiger partial charge on any atom is 0.340 e. The molecule has 0 spiro atoms. The molecule has 1 aliphatic heterocycles. The highest BCUT2D eigenvalue weighted by molar-refractivity contribution is 6.16. The van der Waals surface area contributed by atoms with E-state index in [1.807, 2.05) is 19.9 Å². The fraction of sp³-hybridized carbons (Fsp3) is 0.259. The molecule has 1 aromatic carbocycles. The Labute approximate surface area is 193 Å². The highest BCUT2D eigenvalue weighted by Gasteiger charge is 2.37. The number of ether oxygens (including phenoxy) is 1. The average molecular weight is 445 g/mol. The third kappa shape index (κ3) is 3.93. The van der Waals surface area contributed by atoms with Gasteiger partial charge in [0.2, 0.25) is 0 Å². The molecule has 1 aliphatic rings. The molecule has 0 aliphatic carbocycles. The van der Waals surface area contributed by atoms with E-state index in [4.69, 9.17) is 9.15 Å². The third-order valence-electron chi connectivity index (χ3n) is 6.31. The van der Waals surface area contributed by atoms with Crippen LogP contribution in [0.4, 0.5) is 0 Å². The van der Waals surface area contributed by atoms with Gasteiger partial charge in [0.25, 0.3) is 5.91 Å². The first-order valence-electron chi connectivity index (χ1n) is 10.8. The van der Waals surface area contributed by atoms with Crippen molar-refractivity contribution in [3.05, 3.63) is 93.3 Å². The Balaban J connectivity index is 1.79. The van der Waals surface area contributed by atoms with E-state index in [9.17, 15) is 9.59 Å². The van der Waals surface area contributed by atoms with Crippen molar-refractivity contribution in [2.24, 2.45) is 0 Å². The van der Waals surface area contributed by atoms with Crippen molar-refractivity contribution in [3.8, 4) is 5.69 Å². The number of allylic oxidation sites excluding steroid dienone is 1. The van der Waals surface area contributed by atoms with Crippen LogP contribution in [0.25, 0.3) is 11.8 Å². The molecular weight excluding hydrogens is 416 g/mol. The molecule has 0 saturated carbocycles. The molecule has 0 saturated heterocycles. The fourth-order valence-electron chi connectivity index (χ4n) is 4.33. The molecule has 3 aromatic rings. The van der Waals surface area contributed by atoms with Crippen LogP contribution in [0, 0.1) is 27.7 Å². The summed E-state index contributed by atoms with van der Waals surface area (Å²) in [4.78, 5) is 27.6. The van der Waals surface area contributed by atoms with Crippen molar-refractivity contribution >= 4 is 18.0 Å². The van der Waals surface area contributed by atoms with E-state index in [-0.39, 0.29) is 18.0 Å². The number of aryl methyl sites for hydroxylation is 3. The van der Waals surface area contributed by atoms with Gasteiger partial charge in [0.05, 0.1) is 31.1 Å². The standard InChI is InChI=1S/C27H28N2O4/c1-16-9-10-22(12-17(16)2)29-18(3)13-21(19(29)4)14-24-25(27(31)32-6)20(5)28(26(24)30)15-23-8-7-11-33-23/h7-14H,15H2,1-6H3/b24-14-. The smallest absolute Gasteiger partial charge is 0.340 e. The molecule has 170 valence electrons. The van der Waals surface area contributed by atoms with Gasteiger partial charge in [-0.1, -0.05) is 6.07 Å². The summed E-state index contributed by atoms with van der Waals surface area (Å²) in [6.45, 7) is 10.2. The normalized spacial score (nSPS) is 15.2. The quantitative estimate of drug-likeness (QED) is 0.402. The zero-order chi connectivity index (χ0) is 23.9. The number of esters is 1. The van der Waals surface area contributed by atoms with Crippen LogP contribution in [0.3, 0.4) is 0 Å². The van der Waals surface area contributed by atoms with E-state index in [2.05, 4.69) is 36.6 Å². The lowest BCUT2D eigenvalue weighted by atomic mass is 10.0. The summed E-state index contributed by atoms with van der Waals surface area (Å²) in [5.41, 5.74) is 7.58. The number of nitrogens with zero attached hydrogens (tertiary/aromatic N) is 2. The van der Waals surface area contributed by atoms with Crippen molar-refractivity contribution in [2.45, 2.75) is 41.2 Å². The Morgan fingerprint density at radius 2 is 1.82 bits per heavy atom. The van der Waals surface area contributed by atoms with Crippen molar-refractivity contribution in [1.82, 2.24) is 9.47 Å². The minimum atomic E-state index is -0.531. The molecule has 33 heavy (non-hydrogen) atoms. The van der Waals surface area contributed by atoms with E-state index in [0.717, 1.165) is 22.6 Å². The van der Waals surface area contributed by atoms with E-state index in [1.165, 1.54) is 18.2 Å². The number of hydrogen-bond acceptors (Lipinski definition) is 4. The third-order valence-corrected chi connectivity index (χ3v) is 6.31. The molecule has 0 atom stereocenters. The van der Waals surface area contributed by atoms with Gasteiger partial charge in [-0.3, -0.25) is 4.79 Å². The van der Waals surface area contributed by atoms with Crippen molar-refractivity contribution in [1.29, 1.82) is 0 Å². The van der Waals surface area contributed by atoms with Gasteiger partial charge < -0.3 is 18.6 Å². The van der Waals surface area contributed by atoms with Gasteiger partial charge in [0.1, 0.15) is 5.76 Å². The van der Waals surface area contributed by atoms with Gasteiger partial charge in [0, 0.05) is 22.8 Å². The molecule has 0 fully saturated rings. The van der Waals surface area contributed by atoms with Gasteiger partial charge in [-0.2, -0.15) is 0 Å². The first-order chi connectivity index (χ1) is 15.7. The first-order valence-corrected chi connectivity index (χ1v) is 10.8. The van der Waals surface area contributed by atoms with Gasteiger partial charge in [-0.05, 0) is 87.7 Å². The molecular formula is C27H28N2O4. The van der Waals surface area contributed by atoms with E-state index in [0.29, 0.717) is 17.0 Å². The number of carbonyl (C=O) groups is 2. The number of amides is 1. The SMILES string of the molecule is COC(=O)C1=C(C)N(Cc2ccco2)C(=O)/C1=C\c1cc(C)n(-c2ccc(C)c(C)c2)c1C. The Morgan fingerprint density at radius 1 is 1.06 bits per heavy atom. The van der Waals surface area contributed by atoms with E-state index >= 15 is 0 Å². The van der Waals surface area contributed by atoms with Gasteiger partial charge in [-0.25, -0.2) is 4.79 Å². The van der Waals surface area contributed by atoms with Gasteiger partial charge in [-0.15, -0.1) is 0 Å². The lowest BCUT2D eigenvalue weighted by molar-refractivity contribution is -0.136. The molecule has 0 radical (unpaired) electrons. The second-order valence-corrected chi connectivity index (χ2v) is 8.41. The lowest BCUT2D eigenvalue weighted by Crippen LogP contribution is -2.24. The van der Waals surface area contributed by atoms with Crippen LogP contribution in [0.1, 0.15) is 40.8 Å². The Bertz CT molecular complexity index is 1310. The highest BCUT2D eigenvalue weighted by Crippen LogP contribution is 2.34. The van der Waals surface area contributed by atoms with Crippen LogP contribution in [-0.2, 0) is 20.9 Å². The highest BCUT2D eigenvalue weighted by atomic mass is 16.5. The van der Waals surface area contributed by atoms with Crippen LogP contribution in [0.5, 0.6) is 0 Å². The topological polar surface area (TPSA) is 64.7 Å². The summed E-state index contributed by atoms with van der Waals surface area (Å²) in [7, 11) is 1.32. The van der Waals surface area contributed by atoms with E-state index < -0.39 is 5.97 Å². The Hall–Kier alpha value is -3.80. The van der Waals surface area contributed by atoms with Crippen LogP contribution < -0.4 is 0 Å². The molecule has 1 amide bonds. The lowest BCUT2D eigenvalue weighted by Gasteiger charge is -2.16. The number of carbonyl (C=O) groups excluding carboxylic acids is 2.